The molecule has 2 fully saturated rings. The molecule has 4 aromatic carbocycles. The van der Waals surface area contributed by atoms with E-state index >= 15 is 0 Å². The third kappa shape index (κ3) is 7.48. The zero-order chi connectivity index (χ0) is 35.4. The number of halogens is 1. The Morgan fingerprint density at radius 1 is 0.863 bits per heavy atom. The van der Waals surface area contributed by atoms with Gasteiger partial charge in [-0.15, -0.1) is 0 Å². The number of nitrogens with one attached hydrogen (secondary N) is 1. The highest BCUT2D eigenvalue weighted by molar-refractivity contribution is 7.92. The van der Waals surface area contributed by atoms with Crippen molar-refractivity contribution in [2.45, 2.75) is 49.1 Å². The van der Waals surface area contributed by atoms with E-state index in [1.165, 1.54) is 4.90 Å². The summed E-state index contributed by atoms with van der Waals surface area (Å²) in [6.07, 6.45) is 0.771. The Morgan fingerprint density at radius 2 is 1.51 bits per heavy atom. The van der Waals surface area contributed by atoms with Gasteiger partial charge in [0.05, 0.1) is 12.2 Å². The molecule has 0 radical (unpaired) electrons. The number of ether oxygens (including phenoxy) is 3. The van der Waals surface area contributed by atoms with E-state index in [0.717, 1.165) is 35.1 Å². The average Bonchev–Trinajstić information content (AvgIpc) is 3.40. The highest BCUT2D eigenvalue weighted by atomic mass is 35.5. The molecule has 0 aromatic heterocycles. The number of hydroxylamine groups is 1. The fourth-order valence-electron chi connectivity index (χ4n) is 7.20. The molecule has 0 bridgehead atoms. The first-order chi connectivity index (χ1) is 24.7. The van der Waals surface area contributed by atoms with Crippen LogP contribution in [-0.4, -0.2) is 63.7 Å². The number of benzene rings is 4. The number of fused-ring (bicyclic) bond motifs is 3. The quantitative estimate of drug-likeness (QED) is 0.178. The lowest BCUT2D eigenvalue weighted by atomic mass is 9.90. The van der Waals surface area contributed by atoms with Gasteiger partial charge in [0.15, 0.2) is 16.1 Å². The molecule has 0 saturated carbocycles. The summed E-state index contributed by atoms with van der Waals surface area (Å²) in [5.74, 6) is -0.0700. The van der Waals surface area contributed by atoms with Crippen LogP contribution in [0.25, 0.3) is 11.1 Å². The van der Waals surface area contributed by atoms with E-state index in [1.807, 2.05) is 36.4 Å². The van der Waals surface area contributed by atoms with Gasteiger partial charge in [0.1, 0.15) is 22.9 Å². The monoisotopic (exact) mass is 730 g/mol. The Kier molecular flexibility index (Phi) is 10.3. The standard InChI is InChI=1S/C39H39ClN2O8S/c40-28-14-18-30(19-15-28)49-29-16-12-27(13-17-29)39(25-36(43)41-50-37-11-5-6-23-47-37)20-21-42(22-24-51(39,45)46)38(44)48-26-35-33-9-3-1-7-31(33)32-8-2-4-10-34(32)35/h1-4,7-10,12-19,35,37H,5-6,11,20-26H2,(H,41,43)/t37?,39-/m0/s1. The van der Waals surface area contributed by atoms with Crippen LogP contribution in [0.15, 0.2) is 97.1 Å². The smallest absolute Gasteiger partial charge is 0.409 e. The molecule has 266 valence electrons. The minimum Gasteiger partial charge on any atom is -0.457 e. The minimum absolute atomic E-state index is 0.0374. The lowest BCUT2D eigenvalue weighted by molar-refractivity contribution is -0.200. The van der Waals surface area contributed by atoms with Crippen molar-refractivity contribution in [3.63, 3.8) is 0 Å². The Hall–Kier alpha value is -4.42. The molecule has 7 rings (SSSR count). The van der Waals surface area contributed by atoms with Crippen LogP contribution in [0, 0.1) is 0 Å². The van der Waals surface area contributed by atoms with Crippen molar-refractivity contribution in [1.29, 1.82) is 0 Å². The van der Waals surface area contributed by atoms with Gasteiger partial charge in [0, 0.05) is 37.1 Å². The molecular formula is C39H39ClN2O8S. The van der Waals surface area contributed by atoms with Gasteiger partial charge >= 0.3 is 6.09 Å². The summed E-state index contributed by atoms with van der Waals surface area (Å²) in [6.45, 7) is 0.611. The topological polar surface area (TPSA) is 120 Å². The summed E-state index contributed by atoms with van der Waals surface area (Å²) in [4.78, 5) is 34.0. The van der Waals surface area contributed by atoms with Crippen LogP contribution in [0.2, 0.25) is 5.02 Å². The molecule has 2 atom stereocenters. The van der Waals surface area contributed by atoms with Crippen molar-refractivity contribution in [2.24, 2.45) is 0 Å². The van der Waals surface area contributed by atoms with E-state index in [9.17, 15) is 18.0 Å². The van der Waals surface area contributed by atoms with E-state index in [2.05, 4.69) is 17.6 Å². The van der Waals surface area contributed by atoms with Crippen LogP contribution >= 0.6 is 11.6 Å². The van der Waals surface area contributed by atoms with Crippen molar-refractivity contribution < 1.29 is 37.1 Å². The van der Waals surface area contributed by atoms with Crippen molar-refractivity contribution in [2.75, 3.05) is 32.1 Å². The molecule has 0 spiro atoms. The summed E-state index contributed by atoms with van der Waals surface area (Å²) in [5, 5.41) is 0.572. The van der Waals surface area contributed by atoms with E-state index in [4.69, 9.17) is 30.6 Å². The fraction of sp³-hybridized carbons (Fsp3) is 0.333. The number of carbonyl (C=O) groups excluding carboxylic acids is 2. The predicted octanol–water partition coefficient (Wildman–Crippen LogP) is 7.36. The van der Waals surface area contributed by atoms with E-state index in [0.29, 0.717) is 35.1 Å². The van der Waals surface area contributed by atoms with E-state index < -0.39 is 39.3 Å². The van der Waals surface area contributed by atoms with E-state index in [1.54, 1.807) is 48.5 Å². The molecule has 51 heavy (non-hydrogen) atoms. The van der Waals surface area contributed by atoms with Gasteiger partial charge in [-0.25, -0.2) is 23.5 Å². The molecule has 2 heterocycles. The zero-order valence-corrected chi connectivity index (χ0v) is 29.5. The van der Waals surface area contributed by atoms with Crippen molar-refractivity contribution in [3.8, 4) is 22.6 Å². The van der Waals surface area contributed by atoms with Gasteiger partial charge < -0.3 is 19.1 Å². The highest BCUT2D eigenvalue weighted by Crippen LogP contribution is 2.45. The largest absolute Gasteiger partial charge is 0.457 e. The van der Waals surface area contributed by atoms with Crippen LogP contribution in [0.4, 0.5) is 4.79 Å². The van der Waals surface area contributed by atoms with Crippen LogP contribution in [0.5, 0.6) is 11.5 Å². The van der Waals surface area contributed by atoms with Gasteiger partial charge in [-0.3, -0.25) is 4.79 Å². The molecule has 1 N–H and O–H groups in total. The predicted molar refractivity (Wildman–Crippen MR) is 192 cm³/mol. The normalized spacial score (nSPS) is 21.2. The number of amides is 2. The Balaban J connectivity index is 1.10. The number of carbonyl (C=O) groups is 2. The Bertz CT molecular complexity index is 1940. The number of hydrogen-bond acceptors (Lipinski definition) is 8. The van der Waals surface area contributed by atoms with Gasteiger partial charge in [-0.1, -0.05) is 72.3 Å². The molecule has 2 amide bonds. The van der Waals surface area contributed by atoms with E-state index in [-0.39, 0.29) is 37.8 Å². The SMILES string of the molecule is O=C(C[C@]1(c2ccc(Oc3ccc(Cl)cc3)cc2)CCN(C(=O)OCC2c3ccccc3-c3ccccc32)CCS1(=O)=O)NOC1CCCCO1. The maximum atomic E-state index is 14.3. The first-order valence-electron chi connectivity index (χ1n) is 17.1. The third-order valence-electron chi connectivity index (χ3n) is 9.92. The molecule has 2 saturated heterocycles. The van der Waals surface area contributed by atoms with Crippen LogP contribution in [0.1, 0.15) is 54.7 Å². The van der Waals surface area contributed by atoms with Gasteiger partial charge in [0.25, 0.3) is 0 Å². The number of rotatable bonds is 9. The lowest BCUT2D eigenvalue weighted by Crippen LogP contribution is -2.43. The second-order valence-electron chi connectivity index (χ2n) is 13.1. The molecule has 1 aliphatic carbocycles. The summed E-state index contributed by atoms with van der Waals surface area (Å²) < 4.78 is 44.4. The maximum Gasteiger partial charge on any atom is 0.409 e. The Morgan fingerprint density at radius 3 is 2.16 bits per heavy atom. The highest BCUT2D eigenvalue weighted by Gasteiger charge is 2.49. The molecular weight excluding hydrogens is 692 g/mol. The second kappa shape index (κ2) is 15.1. The molecule has 10 nitrogen and oxygen atoms in total. The molecule has 3 aliphatic rings. The molecule has 2 aliphatic heterocycles. The molecule has 12 heteroatoms. The summed E-state index contributed by atoms with van der Waals surface area (Å²) in [7, 11) is -4.02. The van der Waals surface area contributed by atoms with Crippen LogP contribution in [-0.2, 0) is 33.7 Å². The third-order valence-corrected chi connectivity index (χ3v) is 12.7. The fourth-order valence-corrected chi connectivity index (χ4v) is 9.42. The molecule has 1 unspecified atom stereocenters. The van der Waals surface area contributed by atoms with Crippen LogP contribution in [0.3, 0.4) is 0 Å². The summed E-state index contributed by atoms with van der Waals surface area (Å²) in [5.41, 5.74) is 7.23. The first kappa shape index (κ1) is 35.0. The second-order valence-corrected chi connectivity index (χ2v) is 15.9. The summed E-state index contributed by atoms with van der Waals surface area (Å²) >= 11 is 6.01. The van der Waals surface area contributed by atoms with Gasteiger partial charge in [-0.2, -0.15) is 0 Å². The summed E-state index contributed by atoms with van der Waals surface area (Å²) in [6, 6.07) is 29.7. The average molecular weight is 731 g/mol. The van der Waals surface area contributed by atoms with Gasteiger partial charge in [0.2, 0.25) is 5.91 Å². The zero-order valence-electron chi connectivity index (χ0n) is 28.0. The van der Waals surface area contributed by atoms with Crippen molar-refractivity contribution in [1.82, 2.24) is 10.4 Å². The van der Waals surface area contributed by atoms with Gasteiger partial charge in [-0.05, 0) is 83.5 Å². The number of hydrogen-bond donors (Lipinski definition) is 1. The first-order valence-corrected chi connectivity index (χ1v) is 19.2. The molecule has 4 aromatic rings. The lowest BCUT2D eigenvalue weighted by Gasteiger charge is -2.32. The minimum atomic E-state index is -4.02. The van der Waals surface area contributed by atoms with Crippen molar-refractivity contribution in [3.05, 3.63) is 119 Å². The maximum absolute atomic E-state index is 14.3. The van der Waals surface area contributed by atoms with Crippen LogP contribution < -0.4 is 10.2 Å². The number of nitrogens with zero attached hydrogens (tertiary/aromatic N) is 1. The van der Waals surface area contributed by atoms with Crippen molar-refractivity contribution >= 4 is 33.4 Å². The number of sulfone groups is 1. The Labute approximate surface area is 302 Å².